The molecule has 1 heterocycles. The van der Waals surface area contributed by atoms with E-state index in [4.69, 9.17) is 4.74 Å². The first-order chi connectivity index (χ1) is 9.38. The van der Waals surface area contributed by atoms with Crippen LogP contribution in [-0.2, 0) is 4.74 Å². The fraction of sp³-hybridized carbons (Fsp3) is 0.765. The SMILES string of the molecule is C#C.CCC(C)C.COC1(C)CCN(/C(C)=C\F)CC1. The summed E-state index contributed by atoms with van der Waals surface area (Å²) >= 11 is 0. The molecule has 1 rings (SSSR count). The lowest BCUT2D eigenvalue weighted by Gasteiger charge is -2.39. The molecule has 0 atom stereocenters. The van der Waals surface area contributed by atoms with Gasteiger partial charge in [0.1, 0.15) is 6.33 Å². The van der Waals surface area contributed by atoms with Gasteiger partial charge in [-0.05, 0) is 32.6 Å². The third kappa shape index (κ3) is 8.98. The summed E-state index contributed by atoms with van der Waals surface area (Å²) in [4.78, 5) is 2.06. The maximum Gasteiger partial charge on any atom is 0.105 e. The molecular weight excluding hydrogens is 253 g/mol. The second kappa shape index (κ2) is 11.8. The minimum atomic E-state index is -0.00685. The fourth-order valence-corrected chi connectivity index (χ4v) is 1.61. The van der Waals surface area contributed by atoms with Gasteiger partial charge in [-0.3, -0.25) is 0 Å². The number of rotatable bonds is 3. The van der Waals surface area contributed by atoms with Crippen LogP contribution in [0.3, 0.4) is 0 Å². The molecule has 20 heavy (non-hydrogen) atoms. The first-order valence-electron chi connectivity index (χ1n) is 7.29. The van der Waals surface area contributed by atoms with Crippen LogP contribution in [0.2, 0.25) is 0 Å². The summed E-state index contributed by atoms with van der Waals surface area (Å²) < 4.78 is 17.6. The van der Waals surface area contributed by atoms with Crippen molar-refractivity contribution < 1.29 is 9.13 Å². The number of piperidine rings is 1. The second-order valence-electron chi connectivity index (χ2n) is 5.69. The van der Waals surface area contributed by atoms with E-state index in [1.54, 1.807) is 14.0 Å². The molecule has 0 saturated carbocycles. The van der Waals surface area contributed by atoms with E-state index in [1.807, 2.05) is 0 Å². The molecule has 1 saturated heterocycles. The van der Waals surface area contributed by atoms with Gasteiger partial charge in [-0.1, -0.05) is 27.2 Å². The molecule has 0 amide bonds. The minimum Gasteiger partial charge on any atom is -0.378 e. The zero-order valence-electron chi connectivity index (χ0n) is 14.1. The molecule has 2 nitrogen and oxygen atoms in total. The van der Waals surface area contributed by atoms with Crippen LogP contribution in [-0.4, -0.2) is 30.7 Å². The second-order valence-corrected chi connectivity index (χ2v) is 5.69. The van der Waals surface area contributed by atoms with Gasteiger partial charge in [0, 0.05) is 25.9 Å². The number of hydrogen-bond donors (Lipinski definition) is 0. The van der Waals surface area contributed by atoms with Gasteiger partial charge < -0.3 is 9.64 Å². The number of hydrogen-bond acceptors (Lipinski definition) is 2. The lowest BCUT2D eigenvalue weighted by Crippen LogP contribution is -2.42. The zero-order chi connectivity index (χ0) is 16.2. The fourth-order valence-electron chi connectivity index (χ4n) is 1.61. The Morgan fingerprint density at radius 3 is 2.00 bits per heavy atom. The number of likely N-dealkylation sites (tertiary alicyclic amines) is 1. The average Bonchev–Trinajstić information content (AvgIpc) is 2.49. The number of terminal acetylenes is 1. The van der Waals surface area contributed by atoms with Crippen LogP contribution in [0.25, 0.3) is 0 Å². The van der Waals surface area contributed by atoms with Crippen LogP contribution in [0.1, 0.15) is 53.9 Å². The largest absolute Gasteiger partial charge is 0.378 e. The quantitative estimate of drug-likeness (QED) is 0.702. The van der Waals surface area contributed by atoms with Crippen LogP contribution in [0.15, 0.2) is 12.0 Å². The van der Waals surface area contributed by atoms with Gasteiger partial charge in [0.25, 0.3) is 0 Å². The van der Waals surface area contributed by atoms with Gasteiger partial charge in [0.05, 0.1) is 5.60 Å². The van der Waals surface area contributed by atoms with E-state index in [9.17, 15) is 4.39 Å². The minimum absolute atomic E-state index is 0.00685. The van der Waals surface area contributed by atoms with Crippen molar-refractivity contribution in [3.8, 4) is 12.8 Å². The summed E-state index contributed by atoms with van der Waals surface area (Å²) in [6.45, 7) is 12.3. The molecule has 0 unspecified atom stereocenters. The third-order valence-corrected chi connectivity index (χ3v) is 3.79. The van der Waals surface area contributed by atoms with E-state index in [0.29, 0.717) is 6.33 Å². The lowest BCUT2D eigenvalue weighted by atomic mass is 9.93. The number of methoxy groups -OCH3 is 1. The predicted octanol–water partition coefficient (Wildman–Crippen LogP) is 4.62. The standard InChI is InChI=1S/C10H18FNO.C5H12.C2H2/c1-9(8-11)12-6-4-10(2,13-3)5-7-12;1-4-5(2)3;1-2/h8H,4-7H2,1-3H3;5H,4H2,1-3H3;1-2H/b9-8-;;. The molecule has 0 aliphatic carbocycles. The predicted molar refractivity (Wildman–Crippen MR) is 86.1 cm³/mol. The summed E-state index contributed by atoms with van der Waals surface area (Å²) in [5.74, 6) is 0.884. The molecule has 0 aromatic heterocycles. The average molecular weight is 285 g/mol. The Bertz CT molecular complexity index is 276. The van der Waals surface area contributed by atoms with Crippen molar-refractivity contribution in [1.82, 2.24) is 4.90 Å². The van der Waals surface area contributed by atoms with Crippen LogP contribution < -0.4 is 0 Å². The first-order valence-corrected chi connectivity index (χ1v) is 7.29. The molecule has 0 radical (unpaired) electrons. The highest BCUT2D eigenvalue weighted by atomic mass is 19.1. The van der Waals surface area contributed by atoms with Crippen molar-refractivity contribution >= 4 is 0 Å². The van der Waals surface area contributed by atoms with E-state index in [-0.39, 0.29) is 5.60 Å². The maximum atomic E-state index is 12.2. The van der Waals surface area contributed by atoms with Gasteiger partial charge in [-0.2, -0.15) is 0 Å². The van der Waals surface area contributed by atoms with Crippen LogP contribution in [0.4, 0.5) is 4.39 Å². The summed E-state index contributed by atoms with van der Waals surface area (Å²) in [5, 5.41) is 0. The van der Waals surface area contributed by atoms with Gasteiger partial charge in [-0.25, -0.2) is 4.39 Å². The highest BCUT2D eigenvalue weighted by Crippen LogP contribution is 2.26. The van der Waals surface area contributed by atoms with E-state index >= 15 is 0 Å². The lowest BCUT2D eigenvalue weighted by molar-refractivity contribution is -0.0370. The monoisotopic (exact) mass is 285 g/mol. The normalized spacial score (nSPS) is 17.7. The van der Waals surface area contributed by atoms with E-state index in [2.05, 4.69) is 45.4 Å². The molecule has 0 aromatic rings. The van der Waals surface area contributed by atoms with Gasteiger partial charge in [0.15, 0.2) is 0 Å². The van der Waals surface area contributed by atoms with Crippen molar-refractivity contribution in [1.29, 1.82) is 0 Å². The molecule has 0 aromatic carbocycles. The number of halogens is 1. The van der Waals surface area contributed by atoms with E-state index in [1.165, 1.54) is 6.42 Å². The van der Waals surface area contributed by atoms with Crippen LogP contribution in [0.5, 0.6) is 0 Å². The van der Waals surface area contributed by atoms with Crippen molar-refractivity contribution in [2.75, 3.05) is 20.2 Å². The molecule has 0 N–H and O–H groups in total. The summed E-state index contributed by atoms with van der Waals surface area (Å²) in [5.41, 5.74) is 0.714. The molecule has 1 aliphatic heterocycles. The molecule has 3 heteroatoms. The maximum absolute atomic E-state index is 12.2. The molecule has 0 bridgehead atoms. The van der Waals surface area contributed by atoms with Crippen molar-refractivity contribution in [3.05, 3.63) is 12.0 Å². The number of nitrogens with zero attached hydrogens (tertiary/aromatic N) is 1. The Kier molecular flexibility index (Phi) is 12.5. The molecule has 0 spiro atoms. The summed E-state index contributed by atoms with van der Waals surface area (Å²) in [6, 6.07) is 0. The Labute approximate surface area is 125 Å². The molecule has 118 valence electrons. The van der Waals surface area contributed by atoms with Crippen molar-refractivity contribution in [3.63, 3.8) is 0 Å². The summed E-state index contributed by atoms with van der Waals surface area (Å²) in [7, 11) is 1.74. The Balaban J connectivity index is 0. The van der Waals surface area contributed by atoms with Crippen molar-refractivity contribution in [2.24, 2.45) is 5.92 Å². The topological polar surface area (TPSA) is 12.5 Å². The van der Waals surface area contributed by atoms with Gasteiger partial charge in [-0.15, -0.1) is 12.8 Å². The highest BCUT2D eigenvalue weighted by Gasteiger charge is 2.29. The van der Waals surface area contributed by atoms with E-state index in [0.717, 1.165) is 37.5 Å². The van der Waals surface area contributed by atoms with E-state index < -0.39 is 0 Å². The van der Waals surface area contributed by atoms with Gasteiger partial charge in [0.2, 0.25) is 0 Å². The number of ether oxygens (including phenoxy) is 1. The smallest absolute Gasteiger partial charge is 0.105 e. The Hall–Kier alpha value is -1.01. The Morgan fingerprint density at radius 1 is 1.35 bits per heavy atom. The first kappa shape index (κ1) is 21.3. The zero-order valence-corrected chi connectivity index (χ0v) is 14.1. The van der Waals surface area contributed by atoms with Crippen molar-refractivity contribution in [2.45, 2.75) is 59.5 Å². The Morgan fingerprint density at radius 2 is 1.75 bits per heavy atom. The third-order valence-electron chi connectivity index (χ3n) is 3.79. The summed E-state index contributed by atoms with van der Waals surface area (Å²) in [6.07, 6.45) is 11.9. The van der Waals surface area contributed by atoms with Gasteiger partial charge >= 0.3 is 0 Å². The number of allylic oxidation sites excluding steroid dienone is 1. The molecule has 1 aliphatic rings. The highest BCUT2D eigenvalue weighted by molar-refractivity contribution is 4.97. The molecule has 1 fully saturated rings. The molecular formula is C17H32FNO. The van der Waals surface area contributed by atoms with Crippen LogP contribution >= 0.6 is 0 Å². The van der Waals surface area contributed by atoms with Crippen LogP contribution in [0, 0.1) is 18.8 Å².